The molecule has 0 saturated heterocycles. The minimum absolute atomic E-state index is 0.0816. The Balaban J connectivity index is 2.31. The number of benzene rings is 2. The molecular weight excluding hydrogens is 312 g/mol. The van der Waals surface area contributed by atoms with Gasteiger partial charge in [-0.15, -0.1) is 0 Å². The van der Waals surface area contributed by atoms with Crippen LogP contribution in [-0.2, 0) is 14.7 Å². The quantitative estimate of drug-likeness (QED) is 0.937. The van der Waals surface area contributed by atoms with E-state index in [2.05, 4.69) is 5.32 Å². The van der Waals surface area contributed by atoms with Gasteiger partial charge in [0.15, 0.2) is 0 Å². The predicted octanol–water partition coefficient (Wildman–Crippen LogP) is 2.42. The summed E-state index contributed by atoms with van der Waals surface area (Å²) >= 11 is 0. The van der Waals surface area contributed by atoms with Crippen molar-refractivity contribution < 1.29 is 13.2 Å². The molecule has 1 atom stereocenters. The van der Waals surface area contributed by atoms with Crippen LogP contribution in [0.2, 0.25) is 0 Å². The molecule has 0 aromatic heterocycles. The normalized spacial score (nSPS) is 19.3. The van der Waals surface area contributed by atoms with Crippen LogP contribution in [0.15, 0.2) is 59.6 Å². The van der Waals surface area contributed by atoms with Gasteiger partial charge in [0.2, 0.25) is 9.84 Å². The molecular formula is C17H14N2O3S. The van der Waals surface area contributed by atoms with Crippen molar-refractivity contribution in [2.24, 2.45) is 0 Å². The van der Waals surface area contributed by atoms with Crippen LogP contribution in [0.25, 0.3) is 6.08 Å². The summed E-state index contributed by atoms with van der Waals surface area (Å²) in [6.45, 7) is 0. The van der Waals surface area contributed by atoms with E-state index in [0.29, 0.717) is 16.9 Å². The smallest absolute Gasteiger partial charge is 0.257 e. The highest BCUT2D eigenvalue weighted by molar-refractivity contribution is 7.92. The summed E-state index contributed by atoms with van der Waals surface area (Å²) in [7, 11) is -2.49. The average Bonchev–Trinajstić information content (AvgIpc) is 2.61. The molecule has 1 aliphatic heterocycles. The second kappa shape index (κ2) is 5.45. The minimum Gasteiger partial charge on any atom is -0.496 e. The molecule has 0 spiro atoms. The van der Waals surface area contributed by atoms with Gasteiger partial charge in [-0.2, -0.15) is 5.26 Å². The van der Waals surface area contributed by atoms with Crippen molar-refractivity contribution >= 4 is 15.9 Å². The van der Waals surface area contributed by atoms with E-state index in [1.54, 1.807) is 42.5 Å². The van der Waals surface area contributed by atoms with Gasteiger partial charge in [-0.1, -0.05) is 30.3 Å². The third kappa shape index (κ3) is 2.09. The van der Waals surface area contributed by atoms with E-state index in [-0.39, 0.29) is 4.90 Å². The maximum absolute atomic E-state index is 13.1. The number of rotatable bonds is 3. The van der Waals surface area contributed by atoms with Gasteiger partial charge in [0, 0.05) is 11.1 Å². The monoisotopic (exact) mass is 326 g/mol. The van der Waals surface area contributed by atoms with E-state index in [1.165, 1.54) is 25.4 Å². The van der Waals surface area contributed by atoms with Crippen molar-refractivity contribution in [3.63, 3.8) is 0 Å². The van der Waals surface area contributed by atoms with Gasteiger partial charge in [-0.25, -0.2) is 8.42 Å². The van der Waals surface area contributed by atoms with Crippen LogP contribution in [-0.4, -0.2) is 15.5 Å². The summed E-state index contributed by atoms with van der Waals surface area (Å²) in [6.07, 6.45) is 3.17. The molecule has 1 N–H and O–H groups in total. The molecule has 116 valence electrons. The molecule has 2 aromatic rings. The van der Waals surface area contributed by atoms with Crippen LogP contribution in [0.1, 0.15) is 11.1 Å². The lowest BCUT2D eigenvalue weighted by Gasteiger charge is -2.32. The van der Waals surface area contributed by atoms with Crippen molar-refractivity contribution in [3.05, 3.63) is 65.9 Å². The summed E-state index contributed by atoms with van der Waals surface area (Å²) in [4.78, 5) is -1.81. The topological polar surface area (TPSA) is 79.2 Å². The lowest BCUT2D eigenvalue weighted by Crippen LogP contribution is -2.47. The van der Waals surface area contributed by atoms with Crippen molar-refractivity contribution in [2.45, 2.75) is 9.77 Å². The van der Waals surface area contributed by atoms with Crippen LogP contribution >= 0.6 is 0 Å². The van der Waals surface area contributed by atoms with Gasteiger partial charge >= 0.3 is 0 Å². The molecule has 1 heterocycles. The molecule has 6 heteroatoms. The Morgan fingerprint density at radius 1 is 1.13 bits per heavy atom. The van der Waals surface area contributed by atoms with E-state index in [9.17, 15) is 13.7 Å². The average molecular weight is 326 g/mol. The molecule has 0 saturated carbocycles. The molecule has 1 aliphatic rings. The van der Waals surface area contributed by atoms with Gasteiger partial charge < -0.3 is 10.1 Å². The molecule has 1 unspecified atom stereocenters. The first-order valence-electron chi connectivity index (χ1n) is 6.89. The lowest BCUT2D eigenvalue weighted by molar-refractivity contribution is 0.412. The largest absolute Gasteiger partial charge is 0.496 e. The first kappa shape index (κ1) is 15.1. The Hall–Kier alpha value is -2.78. The Bertz CT molecular complexity index is 915. The van der Waals surface area contributed by atoms with E-state index < -0.39 is 14.7 Å². The van der Waals surface area contributed by atoms with Crippen molar-refractivity contribution in [1.82, 2.24) is 5.32 Å². The summed E-state index contributed by atoms with van der Waals surface area (Å²) in [6, 6.07) is 14.9. The summed E-state index contributed by atoms with van der Waals surface area (Å²) in [5.41, 5.74) is 0.931. The first-order chi connectivity index (χ1) is 11.1. The highest BCUT2D eigenvalue weighted by atomic mass is 32.2. The third-order valence-corrected chi connectivity index (χ3v) is 5.94. The molecule has 23 heavy (non-hydrogen) atoms. The summed E-state index contributed by atoms with van der Waals surface area (Å²) in [5.74, 6) is 0.517. The van der Waals surface area contributed by atoms with E-state index >= 15 is 0 Å². The maximum atomic E-state index is 13.1. The number of hydrogen-bond donors (Lipinski definition) is 1. The molecule has 0 amide bonds. The Kier molecular flexibility index (Phi) is 3.58. The van der Waals surface area contributed by atoms with Crippen LogP contribution in [0.5, 0.6) is 5.75 Å². The SMILES string of the molecule is COc1cccc2c1C=CNC2(C#N)S(=O)(=O)c1ccccc1. The Morgan fingerprint density at radius 2 is 1.87 bits per heavy atom. The molecule has 0 aliphatic carbocycles. The van der Waals surface area contributed by atoms with Gasteiger partial charge in [-0.3, -0.25) is 0 Å². The van der Waals surface area contributed by atoms with Crippen LogP contribution in [0.4, 0.5) is 0 Å². The fraction of sp³-hybridized carbons (Fsp3) is 0.118. The number of methoxy groups -OCH3 is 1. The minimum atomic E-state index is -3.99. The number of ether oxygens (including phenoxy) is 1. The molecule has 2 aromatic carbocycles. The number of nitrogens with one attached hydrogen (secondary N) is 1. The van der Waals surface area contributed by atoms with Crippen molar-refractivity contribution in [1.29, 1.82) is 5.26 Å². The number of nitriles is 1. The van der Waals surface area contributed by atoms with Crippen LogP contribution < -0.4 is 10.1 Å². The van der Waals surface area contributed by atoms with E-state index in [4.69, 9.17) is 4.74 Å². The fourth-order valence-corrected chi connectivity index (χ4v) is 4.35. The first-order valence-corrected chi connectivity index (χ1v) is 8.38. The van der Waals surface area contributed by atoms with Crippen molar-refractivity contribution in [3.8, 4) is 11.8 Å². The standard InChI is InChI=1S/C17H14N2O3S/c1-22-16-9-5-8-15-14(16)10-11-19-17(15,12-18)23(20,21)13-6-3-2-4-7-13/h2-11,19H,1H3. The van der Waals surface area contributed by atoms with E-state index in [0.717, 1.165) is 0 Å². The fourth-order valence-electron chi connectivity index (χ4n) is 2.67. The third-order valence-electron chi connectivity index (χ3n) is 3.82. The molecule has 5 nitrogen and oxygen atoms in total. The van der Waals surface area contributed by atoms with Crippen LogP contribution in [0, 0.1) is 11.3 Å². The van der Waals surface area contributed by atoms with Gasteiger partial charge in [0.25, 0.3) is 4.87 Å². The summed E-state index contributed by atoms with van der Waals surface area (Å²) in [5, 5.41) is 12.5. The highest BCUT2D eigenvalue weighted by Gasteiger charge is 2.49. The number of hydrogen-bond acceptors (Lipinski definition) is 5. The zero-order chi connectivity index (χ0) is 16.5. The summed E-state index contributed by atoms with van der Waals surface area (Å²) < 4.78 is 31.6. The molecule has 3 rings (SSSR count). The predicted molar refractivity (Wildman–Crippen MR) is 86.1 cm³/mol. The van der Waals surface area contributed by atoms with Gasteiger partial charge in [-0.05, 0) is 30.5 Å². The maximum Gasteiger partial charge on any atom is 0.257 e. The molecule has 0 bridgehead atoms. The Morgan fingerprint density at radius 3 is 2.52 bits per heavy atom. The van der Waals surface area contributed by atoms with Gasteiger partial charge in [0.1, 0.15) is 11.8 Å². The van der Waals surface area contributed by atoms with Gasteiger partial charge in [0.05, 0.1) is 12.0 Å². The zero-order valence-corrected chi connectivity index (χ0v) is 13.2. The molecule has 0 fully saturated rings. The van der Waals surface area contributed by atoms with E-state index in [1.807, 2.05) is 6.07 Å². The number of nitrogens with zero attached hydrogens (tertiary/aromatic N) is 1. The highest BCUT2D eigenvalue weighted by Crippen LogP contribution is 2.40. The zero-order valence-electron chi connectivity index (χ0n) is 12.4. The number of sulfone groups is 1. The Labute approximate surface area is 134 Å². The second-order valence-corrected chi connectivity index (χ2v) is 7.10. The second-order valence-electron chi connectivity index (χ2n) is 5.01. The number of fused-ring (bicyclic) bond motifs is 1. The lowest BCUT2D eigenvalue weighted by atomic mass is 9.97. The van der Waals surface area contributed by atoms with Crippen molar-refractivity contribution in [2.75, 3.05) is 7.11 Å². The van der Waals surface area contributed by atoms with Crippen LogP contribution in [0.3, 0.4) is 0 Å². The molecule has 0 radical (unpaired) electrons.